The molecule has 0 spiro atoms. The van der Waals surface area contributed by atoms with Crippen molar-refractivity contribution in [2.75, 3.05) is 6.61 Å². The Kier molecular flexibility index (Phi) is 4.60. The topological polar surface area (TPSA) is 72.6 Å². The van der Waals surface area contributed by atoms with Gasteiger partial charge in [0.05, 0.1) is 13.2 Å². The Labute approximate surface area is 100 Å². The predicted molar refractivity (Wildman–Crippen MR) is 63.2 cm³/mol. The lowest BCUT2D eigenvalue weighted by atomic mass is 9.99. The van der Waals surface area contributed by atoms with Crippen LogP contribution in [0.1, 0.15) is 19.4 Å². The number of hydrogen-bond acceptors (Lipinski definition) is 4. The van der Waals surface area contributed by atoms with E-state index in [1.807, 2.05) is 30.3 Å². The molecular weight excluding hydrogens is 222 g/mol. The van der Waals surface area contributed by atoms with Gasteiger partial charge in [-0.25, -0.2) is 0 Å². The lowest BCUT2D eigenvalue weighted by molar-refractivity contribution is -0.574. The van der Waals surface area contributed by atoms with Crippen molar-refractivity contribution in [1.82, 2.24) is 0 Å². The van der Waals surface area contributed by atoms with Crippen molar-refractivity contribution in [2.45, 2.75) is 32.1 Å². The minimum absolute atomic E-state index is 0.0527. The summed E-state index contributed by atoms with van der Waals surface area (Å²) in [7, 11) is 0. The number of hydrogen-bond donors (Lipinski definition) is 1. The first-order chi connectivity index (χ1) is 7.94. The standard InChI is InChI=1S/C12H17NO4/c1-12(2,13(15)16)11(14)9-17-8-10-6-4-3-5-7-10/h3-7,11,14H,8-9H2,1-2H3. The zero-order valence-corrected chi connectivity index (χ0v) is 10.00. The molecule has 0 radical (unpaired) electrons. The molecule has 1 aromatic carbocycles. The Bertz CT molecular complexity index is 364. The maximum absolute atomic E-state index is 10.7. The maximum Gasteiger partial charge on any atom is 0.244 e. The second kappa shape index (κ2) is 5.75. The lowest BCUT2D eigenvalue weighted by Crippen LogP contribution is -2.46. The molecule has 5 heteroatoms. The number of rotatable bonds is 6. The Morgan fingerprint density at radius 3 is 2.53 bits per heavy atom. The van der Waals surface area contributed by atoms with E-state index in [1.165, 1.54) is 13.8 Å². The highest BCUT2D eigenvalue weighted by Crippen LogP contribution is 2.14. The van der Waals surface area contributed by atoms with E-state index in [4.69, 9.17) is 4.74 Å². The Hall–Kier alpha value is -1.46. The molecule has 1 unspecified atom stereocenters. The van der Waals surface area contributed by atoms with Crippen LogP contribution in [0.3, 0.4) is 0 Å². The summed E-state index contributed by atoms with van der Waals surface area (Å²) in [5.41, 5.74) is -0.421. The van der Waals surface area contributed by atoms with E-state index in [1.54, 1.807) is 0 Å². The van der Waals surface area contributed by atoms with Gasteiger partial charge in [0.2, 0.25) is 5.54 Å². The Morgan fingerprint density at radius 2 is 2.00 bits per heavy atom. The van der Waals surface area contributed by atoms with Gasteiger partial charge in [0, 0.05) is 18.8 Å². The molecule has 1 aromatic rings. The van der Waals surface area contributed by atoms with Gasteiger partial charge >= 0.3 is 0 Å². The second-order valence-electron chi connectivity index (χ2n) is 4.43. The number of nitrogens with zero attached hydrogens (tertiary/aromatic N) is 1. The summed E-state index contributed by atoms with van der Waals surface area (Å²) in [6.07, 6.45) is -1.12. The van der Waals surface area contributed by atoms with Gasteiger partial charge in [-0.15, -0.1) is 0 Å². The van der Waals surface area contributed by atoms with Crippen molar-refractivity contribution in [3.8, 4) is 0 Å². The summed E-state index contributed by atoms with van der Waals surface area (Å²) in [4.78, 5) is 10.2. The van der Waals surface area contributed by atoms with E-state index in [9.17, 15) is 15.2 Å². The van der Waals surface area contributed by atoms with Crippen molar-refractivity contribution in [1.29, 1.82) is 0 Å². The molecule has 5 nitrogen and oxygen atoms in total. The second-order valence-corrected chi connectivity index (χ2v) is 4.43. The number of aliphatic hydroxyl groups excluding tert-OH is 1. The fourth-order valence-electron chi connectivity index (χ4n) is 1.19. The molecule has 0 bridgehead atoms. The highest BCUT2D eigenvalue weighted by molar-refractivity contribution is 5.13. The summed E-state index contributed by atoms with van der Waals surface area (Å²) in [5.74, 6) is 0. The Balaban J connectivity index is 2.39. The highest BCUT2D eigenvalue weighted by Gasteiger charge is 2.39. The van der Waals surface area contributed by atoms with Crippen LogP contribution in [0.2, 0.25) is 0 Å². The fraction of sp³-hybridized carbons (Fsp3) is 0.500. The van der Waals surface area contributed by atoms with Gasteiger partial charge in [-0.3, -0.25) is 10.1 Å². The van der Waals surface area contributed by atoms with Crippen LogP contribution in [-0.2, 0) is 11.3 Å². The maximum atomic E-state index is 10.7. The summed E-state index contributed by atoms with van der Waals surface area (Å²) in [5, 5.41) is 20.3. The SMILES string of the molecule is CC(C)(C(O)COCc1ccccc1)[N+](=O)[O-]. The monoisotopic (exact) mass is 239 g/mol. The highest BCUT2D eigenvalue weighted by atomic mass is 16.6. The third-order valence-corrected chi connectivity index (χ3v) is 2.67. The van der Waals surface area contributed by atoms with E-state index in [2.05, 4.69) is 0 Å². The quantitative estimate of drug-likeness (QED) is 0.604. The molecule has 0 aliphatic rings. The molecule has 0 fully saturated rings. The normalized spacial score (nSPS) is 13.4. The van der Waals surface area contributed by atoms with Crippen molar-refractivity contribution >= 4 is 0 Å². The summed E-state index contributed by atoms with van der Waals surface area (Å²) >= 11 is 0. The van der Waals surface area contributed by atoms with Gasteiger partial charge < -0.3 is 9.84 Å². The molecule has 0 aliphatic heterocycles. The van der Waals surface area contributed by atoms with Crippen LogP contribution in [0.5, 0.6) is 0 Å². The third-order valence-electron chi connectivity index (χ3n) is 2.67. The molecule has 94 valence electrons. The van der Waals surface area contributed by atoms with Crippen LogP contribution in [0, 0.1) is 10.1 Å². The van der Waals surface area contributed by atoms with Crippen LogP contribution in [-0.4, -0.2) is 28.3 Å². The molecular formula is C12H17NO4. The van der Waals surface area contributed by atoms with Crippen LogP contribution in [0.4, 0.5) is 0 Å². The molecule has 0 heterocycles. The van der Waals surface area contributed by atoms with E-state index < -0.39 is 16.6 Å². The average Bonchev–Trinajstić information content (AvgIpc) is 2.30. The number of aliphatic hydroxyl groups is 1. The average molecular weight is 239 g/mol. The van der Waals surface area contributed by atoms with Crippen LogP contribution in [0.15, 0.2) is 30.3 Å². The number of ether oxygens (including phenoxy) is 1. The molecule has 0 aliphatic carbocycles. The van der Waals surface area contributed by atoms with Gasteiger partial charge in [0.25, 0.3) is 0 Å². The molecule has 1 rings (SSSR count). The van der Waals surface area contributed by atoms with Crippen LogP contribution >= 0.6 is 0 Å². The van der Waals surface area contributed by atoms with E-state index in [-0.39, 0.29) is 6.61 Å². The predicted octanol–water partition coefficient (Wildman–Crippen LogP) is 1.62. The van der Waals surface area contributed by atoms with E-state index >= 15 is 0 Å². The fourth-order valence-corrected chi connectivity index (χ4v) is 1.19. The van der Waals surface area contributed by atoms with E-state index in [0.29, 0.717) is 6.61 Å². The smallest absolute Gasteiger partial charge is 0.244 e. The van der Waals surface area contributed by atoms with Gasteiger partial charge in [-0.2, -0.15) is 0 Å². The van der Waals surface area contributed by atoms with Gasteiger partial charge in [0.1, 0.15) is 6.10 Å². The lowest BCUT2D eigenvalue weighted by Gasteiger charge is -2.21. The van der Waals surface area contributed by atoms with Crippen molar-refractivity contribution < 1.29 is 14.8 Å². The minimum atomic E-state index is -1.39. The molecule has 1 N–H and O–H groups in total. The largest absolute Gasteiger partial charge is 0.383 e. The summed E-state index contributed by atoms with van der Waals surface area (Å²) < 4.78 is 5.26. The first-order valence-electron chi connectivity index (χ1n) is 5.39. The molecule has 1 atom stereocenters. The molecule has 0 aromatic heterocycles. The van der Waals surface area contributed by atoms with Crippen molar-refractivity contribution in [3.05, 3.63) is 46.0 Å². The van der Waals surface area contributed by atoms with Gasteiger partial charge in [-0.1, -0.05) is 30.3 Å². The number of benzene rings is 1. The molecule has 0 saturated carbocycles. The zero-order valence-electron chi connectivity index (χ0n) is 10.00. The Morgan fingerprint density at radius 1 is 1.41 bits per heavy atom. The first kappa shape index (κ1) is 13.6. The third kappa shape index (κ3) is 3.80. The van der Waals surface area contributed by atoms with Gasteiger partial charge in [-0.05, 0) is 5.56 Å². The van der Waals surface area contributed by atoms with E-state index in [0.717, 1.165) is 5.56 Å². The van der Waals surface area contributed by atoms with Gasteiger partial charge in [0.15, 0.2) is 0 Å². The first-order valence-corrected chi connectivity index (χ1v) is 5.39. The minimum Gasteiger partial charge on any atom is -0.383 e. The summed E-state index contributed by atoms with van der Waals surface area (Å²) in [6.45, 7) is 3.04. The zero-order chi connectivity index (χ0) is 12.9. The molecule has 0 saturated heterocycles. The van der Waals surface area contributed by atoms with Crippen LogP contribution in [0.25, 0.3) is 0 Å². The number of nitro groups is 1. The van der Waals surface area contributed by atoms with Crippen molar-refractivity contribution in [3.63, 3.8) is 0 Å². The summed E-state index contributed by atoms with van der Waals surface area (Å²) in [6, 6.07) is 9.45. The molecule has 17 heavy (non-hydrogen) atoms. The van der Waals surface area contributed by atoms with Crippen LogP contribution < -0.4 is 0 Å². The molecule has 0 amide bonds. The van der Waals surface area contributed by atoms with Crippen molar-refractivity contribution in [2.24, 2.45) is 0 Å².